The molecule has 1 aliphatic heterocycles. The molecular formula is C33H36N2. The van der Waals surface area contributed by atoms with Crippen LogP contribution in [0.15, 0.2) is 72.6 Å². The highest BCUT2D eigenvalue weighted by atomic mass is 15.4. The van der Waals surface area contributed by atoms with E-state index in [2.05, 4.69) is 132 Å². The van der Waals surface area contributed by atoms with Crippen LogP contribution in [0.5, 0.6) is 0 Å². The molecule has 0 saturated carbocycles. The predicted molar refractivity (Wildman–Crippen MR) is 152 cm³/mol. The Bertz CT molecular complexity index is 1320. The molecule has 0 fully saturated rings. The van der Waals surface area contributed by atoms with Gasteiger partial charge in [0.1, 0.15) is 6.17 Å². The Kier molecular flexibility index (Phi) is 5.71. The van der Waals surface area contributed by atoms with E-state index in [0.717, 1.165) is 0 Å². The summed E-state index contributed by atoms with van der Waals surface area (Å²) in [5, 5.41) is 0. The third-order valence-corrected chi connectivity index (χ3v) is 7.52. The van der Waals surface area contributed by atoms with Crippen LogP contribution in [0.25, 0.3) is 11.1 Å². The minimum absolute atomic E-state index is 0.0559. The summed E-state index contributed by atoms with van der Waals surface area (Å²) in [4.78, 5) is 4.96. The zero-order chi connectivity index (χ0) is 25.0. The molecule has 35 heavy (non-hydrogen) atoms. The molecule has 0 bridgehead atoms. The van der Waals surface area contributed by atoms with E-state index >= 15 is 0 Å². The maximum absolute atomic E-state index is 2.48. The molecule has 0 aromatic heterocycles. The lowest BCUT2D eigenvalue weighted by molar-refractivity contribution is 0.769. The quantitative estimate of drug-likeness (QED) is 0.386. The van der Waals surface area contributed by atoms with E-state index in [4.69, 9.17) is 0 Å². The molecule has 2 aliphatic rings. The highest BCUT2D eigenvalue weighted by Gasteiger charge is 2.35. The summed E-state index contributed by atoms with van der Waals surface area (Å²) in [7, 11) is 0. The number of hydrogen-bond donors (Lipinski definition) is 0. The third kappa shape index (κ3) is 3.82. The van der Waals surface area contributed by atoms with E-state index in [1.54, 1.807) is 0 Å². The van der Waals surface area contributed by atoms with Crippen LogP contribution in [-0.2, 0) is 0 Å². The number of nitrogens with zero attached hydrogens (tertiary/aromatic N) is 2. The standard InChI is InChI=1S/C33H36N2/c1-20-15-23(4)31(24(5)16-20)34-13-14-35(32-25(6)17-21(2)18-26(32)7)33(34)27(8)30-19-22(3)28-11-9-10-12-29(28)30/h9-19,33H,1-8H3. The average molecular weight is 461 g/mol. The molecule has 5 rings (SSSR count). The van der Waals surface area contributed by atoms with Crippen LogP contribution < -0.4 is 9.80 Å². The van der Waals surface area contributed by atoms with Gasteiger partial charge in [0.2, 0.25) is 0 Å². The highest BCUT2D eigenvalue weighted by molar-refractivity contribution is 5.97. The molecule has 0 unspecified atom stereocenters. The molecule has 3 aromatic carbocycles. The van der Waals surface area contributed by atoms with Gasteiger partial charge in [-0.25, -0.2) is 0 Å². The van der Waals surface area contributed by atoms with Crippen molar-refractivity contribution in [1.29, 1.82) is 0 Å². The Morgan fingerprint density at radius 3 is 1.51 bits per heavy atom. The fourth-order valence-electron chi connectivity index (χ4n) is 6.31. The van der Waals surface area contributed by atoms with Crippen molar-refractivity contribution in [3.8, 4) is 0 Å². The number of anilines is 2. The maximum atomic E-state index is 2.48. The zero-order valence-electron chi connectivity index (χ0n) is 22.3. The van der Waals surface area contributed by atoms with E-state index < -0.39 is 0 Å². The number of fused-ring (bicyclic) bond motifs is 1. The molecule has 0 spiro atoms. The van der Waals surface area contributed by atoms with Crippen molar-refractivity contribution < 1.29 is 0 Å². The molecule has 2 heteroatoms. The molecule has 0 amide bonds. The third-order valence-electron chi connectivity index (χ3n) is 7.52. The summed E-state index contributed by atoms with van der Waals surface area (Å²) in [5.74, 6) is 0. The summed E-state index contributed by atoms with van der Waals surface area (Å²) in [5.41, 5.74) is 17.2. The van der Waals surface area contributed by atoms with Crippen LogP contribution in [0.4, 0.5) is 11.4 Å². The Labute approximate surface area is 210 Å². The molecule has 3 aromatic rings. The minimum Gasteiger partial charge on any atom is -0.321 e. The number of aryl methyl sites for hydroxylation is 6. The van der Waals surface area contributed by atoms with Crippen LogP contribution in [-0.4, -0.2) is 6.17 Å². The van der Waals surface area contributed by atoms with Crippen LogP contribution in [0.2, 0.25) is 0 Å². The van der Waals surface area contributed by atoms with Gasteiger partial charge in [-0.05, 0) is 105 Å². The Morgan fingerprint density at radius 2 is 1.06 bits per heavy atom. The first kappa shape index (κ1) is 23.2. The molecular weight excluding hydrogens is 424 g/mol. The first-order valence-corrected chi connectivity index (χ1v) is 12.6. The van der Waals surface area contributed by atoms with Gasteiger partial charge in [-0.1, -0.05) is 65.7 Å². The highest BCUT2D eigenvalue weighted by Crippen LogP contribution is 2.43. The first-order chi connectivity index (χ1) is 16.7. The normalized spacial score (nSPS) is 16.7. The summed E-state index contributed by atoms with van der Waals surface area (Å²) in [6.45, 7) is 17.9. The lowest BCUT2D eigenvalue weighted by Gasteiger charge is -2.37. The molecule has 0 N–H and O–H groups in total. The van der Waals surface area contributed by atoms with Crippen molar-refractivity contribution in [2.45, 2.75) is 61.6 Å². The van der Waals surface area contributed by atoms with Gasteiger partial charge in [0, 0.05) is 23.8 Å². The lowest BCUT2D eigenvalue weighted by atomic mass is 9.96. The largest absolute Gasteiger partial charge is 0.321 e. The first-order valence-electron chi connectivity index (χ1n) is 12.6. The number of benzene rings is 3. The van der Waals surface area contributed by atoms with E-state index in [9.17, 15) is 0 Å². The second kappa shape index (κ2) is 8.61. The summed E-state index contributed by atoms with van der Waals surface area (Å²) in [6, 6.07) is 18.0. The van der Waals surface area contributed by atoms with E-state index in [1.165, 1.54) is 72.6 Å². The molecule has 178 valence electrons. The van der Waals surface area contributed by atoms with Crippen LogP contribution >= 0.6 is 0 Å². The van der Waals surface area contributed by atoms with Gasteiger partial charge in [0.15, 0.2) is 0 Å². The van der Waals surface area contributed by atoms with Gasteiger partial charge in [-0.3, -0.25) is 0 Å². The zero-order valence-corrected chi connectivity index (χ0v) is 22.3. The number of rotatable bonds is 3. The lowest BCUT2D eigenvalue weighted by Crippen LogP contribution is -2.41. The Morgan fingerprint density at radius 1 is 0.629 bits per heavy atom. The summed E-state index contributed by atoms with van der Waals surface area (Å²) < 4.78 is 0. The van der Waals surface area contributed by atoms with Crippen molar-refractivity contribution >= 4 is 22.5 Å². The van der Waals surface area contributed by atoms with Crippen LogP contribution in [0, 0.1) is 41.5 Å². The molecule has 1 aliphatic carbocycles. The maximum Gasteiger partial charge on any atom is 0.132 e. The second-order valence-electron chi connectivity index (χ2n) is 10.5. The summed E-state index contributed by atoms with van der Waals surface area (Å²) >= 11 is 0. The van der Waals surface area contributed by atoms with E-state index in [-0.39, 0.29) is 6.17 Å². The van der Waals surface area contributed by atoms with E-state index in [1.807, 2.05) is 0 Å². The van der Waals surface area contributed by atoms with Crippen LogP contribution in [0.1, 0.15) is 58.4 Å². The Balaban J connectivity index is 1.74. The van der Waals surface area contributed by atoms with Gasteiger partial charge in [0.25, 0.3) is 0 Å². The fourth-order valence-corrected chi connectivity index (χ4v) is 6.31. The van der Waals surface area contributed by atoms with Crippen molar-refractivity contribution in [2.24, 2.45) is 0 Å². The SMILES string of the molecule is CC1=CC(=C(C)C2N(c3c(C)cc(C)cc3C)C=CN2c2c(C)cc(C)cc2C)c2ccccc21. The molecule has 0 radical (unpaired) electrons. The molecule has 2 nitrogen and oxygen atoms in total. The average Bonchev–Trinajstić information content (AvgIpc) is 3.34. The van der Waals surface area contributed by atoms with Gasteiger partial charge < -0.3 is 9.80 Å². The fraction of sp³-hybridized carbons (Fsp3) is 0.273. The Hall–Kier alpha value is -3.52. The predicted octanol–water partition coefficient (Wildman–Crippen LogP) is 8.55. The number of hydrogen-bond acceptors (Lipinski definition) is 2. The van der Waals surface area contributed by atoms with Gasteiger partial charge in [-0.15, -0.1) is 0 Å². The van der Waals surface area contributed by atoms with E-state index in [0.29, 0.717) is 0 Å². The number of allylic oxidation sites excluding steroid dienone is 3. The van der Waals surface area contributed by atoms with Crippen LogP contribution in [0.3, 0.4) is 0 Å². The molecule has 1 heterocycles. The minimum atomic E-state index is 0.0559. The van der Waals surface area contributed by atoms with Crippen molar-refractivity contribution in [3.63, 3.8) is 0 Å². The van der Waals surface area contributed by atoms with Crippen molar-refractivity contribution in [3.05, 3.63) is 117 Å². The molecule has 0 saturated heterocycles. The van der Waals surface area contributed by atoms with Gasteiger partial charge in [-0.2, -0.15) is 0 Å². The summed E-state index contributed by atoms with van der Waals surface area (Å²) in [6.07, 6.45) is 6.98. The van der Waals surface area contributed by atoms with Crippen molar-refractivity contribution in [2.75, 3.05) is 9.80 Å². The smallest absolute Gasteiger partial charge is 0.132 e. The topological polar surface area (TPSA) is 6.48 Å². The van der Waals surface area contributed by atoms with Gasteiger partial charge in [0.05, 0.1) is 0 Å². The van der Waals surface area contributed by atoms with Crippen molar-refractivity contribution in [1.82, 2.24) is 0 Å². The van der Waals surface area contributed by atoms with Gasteiger partial charge >= 0.3 is 0 Å². The monoisotopic (exact) mass is 460 g/mol. The molecule has 0 atom stereocenters. The second-order valence-corrected chi connectivity index (χ2v) is 10.5.